The molecule has 7 heteroatoms. The smallest absolute Gasteiger partial charge is 0.261 e. The summed E-state index contributed by atoms with van der Waals surface area (Å²) in [5.41, 5.74) is 1.75. The minimum atomic E-state index is -0.634. The molecular formula is C25H31ClN2O4. The number of aryl methyl sites for hydroxylation is 1. The van der Waals surface area contributed by atoms with Crippen molar-refractivity contribution in [2.24, 2.45) is 0 Å². The van der Waals surface area contributed by atoms with Gasteiger partial charge >= 0.3 is 0 Å². The van der Waals surface area contributed by atoms with Gasteiger partial charge in [0.25, 0.3) is 5.91 Å². The Balaban J connectivity index is 1.73. The predicted octanol–water partition coefficient (Wildman–Crippen LogP) is 4.51. The third-order valence-electron chi connectivity index (χ3n) is 5.85. The van der Waals surface area contributed by atoms with Gasteiger partial charge in [-0.15, -0.1) is 0 Å². The van der Waals surface area contributed by atoms with E-state index >= 15 is 0 Å². The van der Waals surface area contributed by atoms with Crippen LogP contribution in [-0.2, 0) is 16.1 Å². The largest absolute Gasteiger partial charge is 0.497 e. The van der Waals surface area contributed by atoms with E-state index in [-0.39, 0.29) is 31.0 Å². The molecule has 1 N–H and O–H groups in total. The van der Waals surface area contributed by atoms with Gasteiger partial charge in [0.1, 0.15) is 17.5 Å². The zero-order chi connectivity index (χ0) is 23.1. The molecule has 0 radical (unpaired) electrons. The van der Waals surface area contributed by atoms with Crippen LogP contribution in [0.15, 0.2) is 42.5 Å². The van der Waals surface area contributed by atoms with Crippen molar-refractivity contribution in [1.82, 2.24) is 10.2 Å². The number of methoxy groups -OCH3 is 1. The van der Waals surface area contributed by atoms with Crippen LogP contribution in [0.4, 0.5) is 0 Å². The number of carbonyl (C=O) groups is 2. The molecule has 1 atom stereocenters. The van der Waals surface area contributed by atoms with Crippen LogP contribution in [0.2, 0.25) is 5.02 Å². The van der Waals surface area contributed by atoms with E-state index in [0.29, 0.717) is 16.5 Å². The summed E-state index contributed by atoms with van der Waals surface area (Å²) < 4.78 is 11.0. The fourth-order valence-electron chi connectivity index (χ4n) is 3.88. The summed E-state index contributed by atoms with van der Waals surface area (Å²) in [6.07, 6.45) is 4.23. The molecule has 1 aliphatic carbocycles. The lowest BCUT2D eigenvalue weighted by atomic mass is 10.1. The number of nitrogens with one attached hydrogen (secondary N) is 1. The molecule has 0 aliphatic heterocycles. The molecule has 32 heavy (non-hydrogen) atoms. The number of nitrogens with zero attached hydrogens (tertiary/aromatic N) is 1. The van der Waals surface area contributed by atoms with E-state index < -0.39 is 6.04 Å². The molecule has 0 saturated heterocycles. The molecule has 0 aromatic heterocycles. The number of hydrogen-bond donors (Lipinski definition) is 1. The van der Waals surface area contributed by atoms with E-state index in [0.717, 1.165) is 36.8 Å². The highest BCUT2D eigenvalue weighted by Gasteiger charge is 2.28. The van der Waals surface area contributed by atoms with Crippen LogP contribution in [0.3, 0.4) is 0 Å². The Morgan fingerprint density at radius 1 is 1.16 bits per heavy atom. The summed E-state index contributed by atoms with van der Waals surface area (Å²) in [7, 11) is 1.60. The summed E-state index contributed by atoms with van der Waals surface area (Å²) in [5, 5.41) is 3.74. The van der Waals surface area contributed by atoms with E-state index in [4.69, 9.17) is 21.1 Å². The Kier molecular flexibility index (Phi) is 8.39. The molecule has 0 bridgehead atoms. The van der Waals surface area contributed by atoms with Gasteiger partial charge in [-0.2, -0.15) is 0 Å². The summed E-state index contributed by atoms with van der Waals surface area (Å²) in [4.78, 5) is 27.7. The number of ether oxygens (including phenoxy) is 2. The predicted molar refractivity (Wildman–Crippen MR) is 125 cm³/mol. The number of benzene rings is 2. The molecule has 0 unspecified atom stereocenters. The van der Waals surface area contributed by atoms with Crippen LogP contribution >= 0.6 is 11.6 Å². The lowest BCUT2D eigenvalue weighted by Gasteiger charge is -2.29. The van der Waals surface area contributed by atoms with Crippen molar-refractivity contribution in [2.45, 2.75) is 58.2 Å². The van der Waals surface area contributed by atoms with Crippen molar-refractivity contribution < 1.29 is 19.1 Å². The minimum Gasteiger partial charge on any atom is -0.497 e. The first-order chi connectivity index (χ1) is 15.4. The molecule has 1 fully saturated rings. The highest BCUT2D eigenvalue weighted by molar-refractivity contribution is 6.31. The second-order valence-corrected chi connectivity index (χ2v) is 8.65. The van der Waals surface area contributed by atoms with Crippen LogP contribution < -0.4 is 14.8 Å². The van der Waals surface area contributed by atoms with Crippen LogP contribution in [-0.4, -0.2) is 42.5 Å². The number of rotatable bonds is 9. The van der Waals surface area contributed by atoms with Crippen LogP contribution in [0.5, 0.6) is 11.5 Å². The van der Waals surface area contributed by atoms with Crippen molar-refractivity contribution in [3.8, 4) is 11.5 Å². The van der Waals surface area contributed by atoms with Gasteiger partial charge in [-0.1, -0.05) is 36.6 Å². The van der Waals surface area contributed by atoms with Gasteiger partial charge in [0, 0.05) is 17.6 Å². The Morgan fingerprint density at radius 3 is 2.59 bits per heavy atom. The zero-order valence-corrected chi connectivity index (χ0v) is 19.7. The van der Waals surface area contributed by atoms with E-state index in [1.807, 2.05) is 31.2 Å². The van der Waals surface area contributed by atoms with Gasteiger partial charge in [-0.3, -0.25) is 9.59 Å². The van der Waals surface area contributed by atoms with E-state index in [2.05, 4.69) is 5.32 Å². The van der Waals surface area contributed by atoms with Crippen LogP contribution in [0.1, 0.15) is 43.7 Å². The second kappa shape index (κ2) is 11.2. The maximum atomic E-state index is 13.2. The summed E-state index contributed by atoms with van der Waals surface area (Å²) in [6, 6.07) is 12.3. The van der Waals surface area contributed by atoms with Gasteiger partial charge < -0.3 is 19.7 Å². The van der Waals surface area contributed by atoms with Gasteiger partial charge in [-0.25, -0.2) is 0 Å². The number of hydrogen-bond acceptors (Lipinski definition) is 4. The third-order valence-corrected chi connectivity index (χ3v) is 6.27. The summed E-state index contributed by atoms with van der Waals surface area (Å²) >= 11 is 6.07. The maximum Gasteiger partial charge on any atom is 0.261 e. The molecule has 0 spiro atoms. The maximum absolute atomic E-state index is 13.2. The van der Waals surface area contributed by atoms with Crippen LogP contribution in [0.25, 0.3) is 0 Å². The fourth-order valence-corrected chi connectivity index (χ4v) is 3.99. The molecule has 172 valence electrons. The first-order valence-electron chi connectivity index (χ1n) is 11.0. The van der Waals surface area contributed by atoms with E-state index in [9.17, 15) is 9.59 Å². The SMILES string of the molecule is COc1cccc(CN(C(=O)COc2ccc(Cl)c(C)c2)[C@@H](C)C(=O)NC2CCCC2)c1. The average Bonchev–Trinajstić information content (AvgIpc) is 3.30. The van der Waals surface area contributed by atoms with Crippen molar-refractivity contribution in [2.75, 3.05) is 13.7 Å². The Labute approximate surface area is 194 Å². The quantitative estimate of drug-likeness (QED) is 0.600. The van der Waals surface area contributed by atoms with Crippen LogP contribution in [0, 0.1) is 6.92 Å². The van der Waals surface area contributed by atoms with Crippen molar-refractivity contribution in [3.05, 3.63) is 58.6 Å². The first-order valence-corrected chi connectivity index (χ1v) is 11.4. The summed E-state index contributed by atoms with van der Waals surface area (Å²) in [5.74, 6) is 0.848. The van der Waals surface area contributed by atoms with Crippen molar-refractivity contribution in [1.29, 1.82) is 0 Å². The first kappa shape index (κ1) is 23.9. The standard InChI is InChI=1S/C25H31ClN2O4/c1-17-13-22(11-12-23(17)26)32-16-24(29)28(15-19-7-6-10-21(14-19)31-3)18(2)25(30)27-20-8-4-5-9-20/h6-7,10-14,18,20H,4-5,8-9,15-16H2,1-3H3,(H,27,30)/t18-/m0/s1. The fraction of sp³-hybridized carbons (Fsp3) is 0.440. The van der Waals surface area contributed by atoms with Gasteiger partial charge in [-0.05, 0) is 68.1 Å². The minimum absolute atomic E-state index is 0.143. The monoisotopic (exact) mass is 458 g/mol. The van der Waals surface area contributed by atoms with Gasteiger partial charge in [0.2, 0.25) is 5.91 Å². The highest BCUT2D eigenvalue weighted by atomic mass is 35.5. The lowest BCUT2D eigenvalue weighted by Crippen LogP contribution is -2.50. The van der Waals surface area contributed by atoms with E-state index in [1.165, 1.54) is 0 Å². The normalized spacial score (nSPS) is 14.6. The Morgan fingerprint density at radius 2 is 1.91 bits per heavy atom. The third kappa shape index (κ3) is 6.39. The molecule has 0 heterocycles. The van der Waals surface area contributed by atoms with Crippen molar-refractivity contribution in [3.63, 3.8) is 0 Å². The van der Waals surface area contributed by atoms with Gasteiger partial charge in [0.05, 0.1) is 7.11 Å². The molecule has 2 amide bonds. The molecule has 1 saturated carbocycles. The molecule has 3 rings (SSSR count). The average molecular weight is 459 g/mol. The zero-order valence-electron chi connectivity index (χ0n) is 18.9. The molecular weight excluding hydrogens is 428 g/mol. The highest BCUT2D eigenvalue weighted by Crippen LogP contribution is 2.22. The number of carbonyl (C=O) groups excluding carboxylic acids is 2. The summed E-state index contributed by atoms with van der Waals surface area (Å²) in [6.45, 7) is 3.74. The van der Waals surface area contributed by atoms with E-state index in [1.54, 1.807) is 37.1 Å². The Hall–Kier alpha value is -2.73. The Bertz CT molecular complexity index is 943. The van der Waals surface area contributed by atoms with Gasteiger partial charge in [0.15, 0.2) is 6.61 Å². The second-order valence-electron chi connectivity index (χ2n) is 8.24. The molecule has 6 nitrogen and oxygen atoms in total. The lowest BCUT2D eigenvalue weighted by molar-refractivity contribution is -0.142. The molecule has 2 aromatic rings. The van der Waals surface area contributed by atoms with Crippen molar-refractivity contribution >= 4 is 23.4 Å². The number of halogens is 1. The molecule has 2 aromatic carbocycles. The topological polar surface area (TPSA) is 67.9 Å². The molecule has 1 aliphatic rings. The number of amides is 2.